The van der Waals surface area contributed by atoms with Crippen LogP contribution in [-0.4, -0.2) is 40.6 Å². The van der Waals surface area contributed by atoms with Gasteiger partial charge in [0.15, 0.2) is 0 Å². The van der Waals surface area contributed by atoms with Crippen LogP contribution in [0.2, 0.25) is 0 Å². The quantitative estimate of drug-likeness (QED) is 0.781. The van der Waals surface area contributed by atoms with Crippen LogP contribution in [0.4, 0.5) is 4.79 Å². The minimum atomic E-state index is -0.730. The Labute approximate surface area is 107 Å². The van der Waals surface area contributed by atoms with Gasteiger partial charge in [0.25, 0.3) is 0 Å². The maximum atomic E-state index is 12.1. The van der Waals surface area contributed by atoms with Gasteiger partial charge in [-0.3, -0.25) is 4.79 Å². The van der Waals surface area contributed by atoms with Gasteiger partial charge in [0.2, 0.25) is 0 Å². The number of piperidine rings is 1. The molecule has 3 aliphatic rings. The number of carboxylic acids is 1. The molecule has 100 valence electrons. The van der Waals surface area contributed by atoms with E-state index in [0.29, 0.717) is 24.8 Å². The highest BCUT2D eigenvalue weighted by Crippen LogP contribution is 2.37. The fourth-order valence-electron chi connectivity index (χ4n) is 3.77. The highest BCUT2D eigenvalue weighted by Gasteiger charge is 2.41. The average molecular weight is 252 g/mol. The van der Waals surface area contributed by atoms with E-state index in [1.807, 2.05) is 4.90 Å². The van der Waals surface area contributed by atoms with E-state index in [2.05, 4.69) is 5.32 Å². The van der Waals surface area contributed by atoms with Gasteiger partial charge >= 0.3 is 12.0 Å². The molecule has 0 aromatic rings. The van der Waals surface area contributed by atoms with E-state index in [1.54, 1.807) is 0 Å². The summed E-state index contributed by atoms with van der Waals surface area (Å²) in [5, 5.41) is 12.0. The van der Waals surface area contributed by atoms with Crippen molar-refractivity contribution in [1.82, 2.24) is 10.2 Å². The maximum absolute atomic E-state index is 12.1. The number of hydrogen-bond acceptors (Lipinski definition) is 2. The fraction of sp³-hybridized carbons (Fsp3) is 0.846. The second-order valence-corrected chi connectivity index (χ2v) is 5.98. The van der Waals surface area contributed by atoms with E-state index in [9.17, 15) is 9.59 Å². The number of hydrogen-bond donors (Lipinski definition) is 2. The van der Waals surface area contributed by atoms with Crippen LogP contribution in [0.1, 0.15) is 38.5 Å². The summed E-state index contributed by atoms with van der Waals surface area (Å²) in [5.41, 5.74) is 0. The molecule has 2 saturated carbocycles. The molecule has 2 amide bonds. The van der Waals surface area contributed by atoms with Crippen molar-refractivity contribution >= 4 is 12.0 Å². The van der Waals surface area contributed by atoms with Gasteiger partial charge in [-0.15, -0.1) is 0 Å². The molecule has 1 saturated heterocycles. The zero-order valence-corrected chi connectivity index (χ0v) is 10.5. The first-order chi connectivity index (χ1) is 8.63. The second kappa shape index (κ2) is 4.44. The highest BCUT2D eigenvalue weighted by atomic mass is 16.4. The SMILES string of the molecule is O=C(O)C1CCC(NC(=O)N2CC3CCC2C3)C1. The van der Waals surface area contributed by atoms with Crippen LogP contribution >= 0.6 is 0 Å². The van der Waals surface area contributed by atoms with Gasteiger partial charge in [-0.1, -0.05) is 0 Å². The third-order valence-corrected chi connectivity index (χ3v) is 4.78. The summed E-state index contributed by atoms with van der Waals surface area (Å²) in [6.07, 6.45) is 5.63. The third-order valence-electron chi connectivity index (χ3n) is 4.78. The number of urea groups is 1. The van der Waals surface area contributed by atoms with Crippen LogP contribution in [0.3, 0.4) is 0 Å². The van der Waals surface area contributed by atoms with Crippen molar-refractivity contribution in [3.05, 3.63) is 0 Å². The molecule has 4 unspecified atom stereocenters. The lowest BCUT2D eigenvalue weighted by Gasteiger charge is -2.28. The Morgan fingerprint density at radius 3 is 2.50 bits per heavy atom. The Kier molecular flexibility index (Phi) is 2.92. The van der Waals surface area contributed by atoms with Gasteiger partial charge in [0.1, 0.15) is 0 Å². The molecule has 4 atom stereocenters. The Morgan fingerprint density at radius 2 is 1.94 bits per heavy atom. The van der Waals surface area contributed by atoms with Gasteiger partial charge in [-0.2, -0.15) is 0 Å². The lowest BCUT2D eigenvalue weighted by Crippen LogP contribution is -2.47. The number of carbonyl (C=O) groups excluding carboxylic acids is 1. The molecule has 0 radical (unpaired) electrons. The van der Waals surface area contributed by atoms with Crippen molar-refractivity contribution < 1.29 is 14.7 Å². The monoisotopic (exact) mass is 252 g/mol. The molecule has 1 aliphatic heterocycles. The molecule has 18 heavy (non-hydrogen) atoms. The molecule has 5 heteroatoms. The molecule has 3 fully saturated rings. The summed E-state index contributed by atoms with van der Waals surface area (Å²) >= 11 is 0. The number of nitrogens with one attached hydrogen (secondary N) is 1. The first-order valence-electron chi connectivity index (χ1n) is 6.93. The number of carboxylic acid groups (broad SMARTS) is 1. The van der Waals surface area contributed by atoms with Gasteiger partial charge in [-0.25, -0.2) is 4.79 Å². The molecule has 2 N–H and O–H groups in total. The molecule has 0 aromatic carbocycles. The van der Waals surface area contributed by atoms with Crippen LogP contribution in [0.5, 0.6) is 0 Å². The number of likely N-dealkylation sites (tertiary alicyclic amines) is 1. The van der Waals surface area contributed by atoms with Crippen molar-refractivity contribution in [3.63, 3.8) is 0 Å². The van der Waals surface area contributed by atoms with Gasteiger partial charge in [0, 0.05) is 18.6 Å². The van der Waals surface area contributed by atoms with Crippen LogP contribution in [0.25, 0.3) is 0 Å². The van der Waals surface area contributed by atoms with Crippen LogP contribution < -0.4 is 5.32 Å². The zero-order valence-electron chi connectivity index (χ0n) is 10.5. The van der Waals surface area contributed by atoms with E-state index >= 15 is 0 Å². The van der Waals surface area contributed by atoms with Gasteiger partial charge in [-0.05, 0) is 44.4 Å². The lowest BCUT2D eigenvalue weighted by molar-refractivity contribution is -0.141. The summed E-state index contributed by atoms with van der Waals surface area (Å²) in [4.78, 5) is 25.0. The van der Waals surface area contributed by atoms with Crippen molar-refractivity contribution in [2.45, 2.75) is 50.6 Å². The van der Waals surface area contributed by atoms with Gasteiger partial charge < -0.3 is 15.3 Å². The van der Waals surface area contributed by atoms with Crippen molar-refractivity contribution in [1.29, 1.82) is 0 Å². The standard InChI is InChI=1S/C13H20N2O3/c16-12(17)9-2-3-10(6-9)14-13(18)15-7-8-1-4-11(15)5-8/h8-11H,1-7H2,(H,14,18)(H,16,17). The number of aliphatic carboxylic acids is 1. The third kappa shape index (κ3) is 2.06. The topological polar surface area (TPSA) is 69.6 Å². The highest BCUT2D eigenvalue weighted by molar-refractivity contribution is 5.76. The van der Waals surface area contributed by atoms with Crippen LogP contribution in [0, 0.1) is 11.8 Å². The first-order valence-corrected chi connectivity index (χ1v) is 6.93. The van der Waals surface area contributed by atoms with Crippen LogP contribution in [-0.2, 0) is 4.79 Å². The molecule has 2 bridgehead atoms. The van der Waals surface area contributed by atoms with E-state index in [1.165, 1.54) is 6.42 Å². The molecule has 2 aliphatic carbocycles. The van der Waals surface area contributed by atoms with Crippen molar-refractivity contribution in [2.75, 3.05) is 6.54 Å². The maximum Gasteiger partial charge on any atom is 0.317 e. The Morgan fingerprint density at radius 1 is 1.11 bits per heavy atom. The summed E-state index contributed by atoms with van der Waals surface area (Å²) in [5.74, 6) is -0.298. The Hall–Kier alpha value is -1.26. The summed E-state index contributed by atoms with van der Waals surface area (Å²) in [6, 6.07) is 0.516. The van der Waals surface area contributed by atoms with Crippen molar-refractivity contribution in [3.8, 4) is 0 Å². The largest absolute Gasteiger partial charge is 0.481 e. The predicted molar refractivity (Wildman–Crippen MR) is 65.1 cm³/mol. The molecule has 0 aromatic heterocycles. The minimum absolute atomic E-state index is 0.0261. The van der Waals surface area contributed by atoms with E-state index in [-0.39, 0.29) is 18.0 Å². The minimum Gasteiger partial charge on any atom is -0.481 e. The smallest absolute Gasteiger partial charge is 0.317 e. The molecular formula is C13H20N2O3. The second-order valence-electron chi connectivity index (χ2n) is 5.98. The summed E-state index contributed by atoms with van der Waals surface area (Å²) in [6.45, 7) is 0.894. The Balaban J connectivity index is 1.51. The van der Waals surface area contributed by atoms with E-state index in [0.717, 1.165) is 25.8 Å². The summed E-state index contributed by atoms with van der Waals surface area (Å²) in [7, 11) is 0. The molecule has 1 heterocycles. The number of amides is 2. The molecule has 0 spiro atoms. The zero-order chi connectivity index (χ0) is 12.7. The Bertz CT molecular complexity index is 371. The number of rotatable bonds is 2. The van der Waals surface area contributed by atoms with Crippen molar-refractivity contribution in [2.24, 2.45) is 11.8 Å². The van der Waals surface area contributed by atoms with E-state index in [4.69, 9.17) is 5.11 Å². The molecule has 5 nitrogen and oxygen atoms in total. The summed E-state index contributed by atoms with van der Waals surface area (Å²) < 4.78 is 0. The van der Waals surface area contributed by atoms with Crippen LogP contribution in [0.15, 0.2) is 0 Å². The fourth-order valence-corrected chi connectivity index (χ4v) is 3.77. The number of nitrogens with zero attached hydrogens (tertiary/aromatic N) is 1. The van der Waals surface area contributed by atoms with E-state index < -0.39 is 5.97 Å². The number of fused-ring (bicyclic) bond motifs is 2. The average Bonchev–Trinajstić information content (AvgIpc) is 3.03. The molecule has 3 rings (SSSR count). The normalized spacial score (nSPS) is 38.1. The van der Waals surface area contributed by atoms with Gasteiger partial charge in [0.05, 0.1) is 5.92 Å². The lowest BCUT2D eigenvalue weighted by atomic mass is 10.1. The number of carbonyl (C=O) groups is 2. The first kappa shape index (κ1) is 11.8. The predicted octanol–water partition coefficient (Wildman–Crippen LogP) is 1.43. The molecular weight excluding hydrogens is 232 g/mol.